The minimum atomic E-state index is -0.361. The number of hydrogen-bond acceptors (Lipinski definition) is 6. The number of amides is 1. The second-order valence-electron chi connectivity index (χ2n) is 6.56. The number of halogens is 1. The van der Waals surface area contributed by atoms with Crippen LogP contribution in [0.1, 0.15) is 17.5 Å². The van der Waals surface area contributed by atoms with Crippen molar-refractivity contribution in [2.45, 2.75) is 18.2 Å². The predicted molar refractivity (Wildman–Crippen MR) is 112 cm³/mol. The van der Waals surface area contributed by atoms with Gasteiger partial charge in [0.05, 0.1) is 5.75 Å². The molecule has 0 saturated heterocycles. The van der Waals surface area contributed by atoms with Crippen LogP contribution in [0.15, 0.2) is 47.6 Å². The van der Waals surface area contributed by atoms with Gasteiger partial charge in [0.15, 0.2) is 28.6 Å². The van der Waals surface area contributed by atoms with Gasteiger partial charge in [-0.2, -0.15) is 0 Å². The molecular formula is C20H19ClN4O3S. The molecule has 2 heterocycles. The summed E-state index contributed by atoms with van der Waals surface area (Å²) < 4.78 is 13.6. The van der Waals surface area contributed by atoms with E-state index in [2.05, 4.69) is 15.5 Å². The Kier molecular flexibility index (Phi) is 5.64. The first kappa shape index (κ1) is 19.6. The molecule has 1 aliphatic heterocycles. The predicted octanol–water partition coefficient (Wildman–Crippen LogP) is 4.02. The second kappa shape index (κ2) is 8.34. The number of hydrogen-bond donors (Lipinski definition) is 1. The third-order valence-electron chi connectivity index (χ3n) is 4.45. The van der Waals surface area contributed by atoms with Crippen LogP contribution in [-0.4, -0.2) is 33.0 Å². The smallest absolute Gasteiger partial charge is 0.234 e. The summed E-state index contributed by atoms with van der Waals surface area (Å²) >= 11 is 7.40. The van der Waals surface area contributed by atoms with E-state index in [-0.39, 0.29) is 17.8 Å². The van der Waals surface area contributed by atoms with Crippen molar-refractivity contribution in [3.05, 3.63) is 58.9 Å². The van der Waals surface area contributed by atoms with Crippen molar-refractivity contribution in [3.63, 3.8) is 0 Å². The van der Waals surface area contributed by atoms with Crippen molar-refractivity contribution >= 4 is 35.0 Å². The van der Waals surface area contributed by atoms with E-state index in [4.69, 9.17) is 21.1 Å². The van der Waals surface area contributed by atoms with Crippen LogP contribution in [0, 0.1) is 6.92 Å². The van der Waals surface area contributed by atoms with Gasteiger partial charge in [-0.25, -0.2) is 0 Å². The lowest BCUT2D eigenvalue weighted by Gasteiger charge is -2.25. The lowest BCUT2D eigenvalue weighted by atomic mass is 10.2. The molecule has 0 spiro atoms. The zero-order chi connectivity index (χ0) is 20.4. The van der Waals surface area contributed by atoms with E-state index in [0.29, 0.717) is 39.8 Å². The summed E-state index contributed by atoms with van der Waals surface area (Å²) in [6.07, 6.45) is -0.361. The third-order valence-corrected chi connectivity index (χ3v) is 5.88. The van der Waals surface area contributed by atoms with Crippen LogP contribution < -0.4 is 14.8 Å². The number of para-hydroxylation sites is 2. The summed E-state index contributed by atoms with van der Waals surface area (Å²) in [5.74, 6) is 2.09. The van der Waals surface area contributed by atoms with Gasteiger partial charge in [0.25, 0.3) is 0 Å². The molecule has 3 aromatic rings. The number of ether oxygens (including phenoxy) is 2. The van der Waals surface area contributed by atoms with E-state index in [0.717, 1.165) is 5.56 Å². The summed E-state index contributed by atoms with van der Waals surface area (Å²) in [6, 6.07) is 12.9. The summed E-state index contributed by atoms with van der Waals surface area (Å²) in [4.78, 5) is 12.3. The first-order valence-electron chi connectivity index (χ1n) is 8.98. The number of nitrogens with zero attached hydrogens (tertiary/aromatic N) is 3. The van der Waals surface area contributed by atoms with Crippen molar-refractivity contribution in [2.24, 2.45) is 7.05 Å². The number of anilines is 1. The van der Waals surface area contributed by atoms with E-state index in [1.807, 2.05) is 54.9 Å². The minimum absolute atomic E-state index is 0.148. The maximum Gasteiger partial charge on any atom is 0.234 e. The van der Waals surface area contributed by atoms with Crippen molar-refractivity contribution in [2.75, 3.05) is 17.7 Å². The monoisotopic (exact) mass is 430 g/mol. The summed E-state index contributed by atoms with van der Waals surface area (Å²) in [5.41, 5.74) is 1.62. The molecule has 0 radical (unpaired) electrons. The highest BCUT2D eigenvalue weighted by molar-refractivity contribution is 7.99. The third kappa shape index (κ3) is 4.33. The molecule has 2 aromatic carbocycles. The van der Waals surface area contributed by atoms with Gasteiger partial charge in [-0.1, -0.05) is 41.6 Å². The van der Waals surface area contributed by atoms with Gasteiger partial charge in [-0.05, 0) is 36.8 Å². The summed E-state index contributed by atoms with van der Waals surface area (Å²) in [5, 5.41) is 12.5. The largest absolute Gasteiger partial charge is 0.485 e. The maximum atomic E-state index is 12.3. The lowest BCUT2D eigenvalue weighted by molar-refractivity contribution is -0.113. The van der Waals surface area contributed by atoms with E-state index < -0.39 is 0 Å². The van der Waals surface area contributed by atoms with Crippen LogP contribution >= 0.6 is 23.4 Å². The molecule has 1 aromatic heterocycles. The fourth-order valence-electron chi connectivity index (χ4n) is 2.88. The van der Waals surface area contributed by atoms with Crippen LogP contribution in [0.5, 0.6) is 11.5 Å². The molecule has 1 atom stereocenters. The van der Waals surface area contributed by atoms with Crippen LogP contribution in [-0.2, 0) is 11.8 Å². The molecular weight excluding hydrogens is 412 g/mol. The van der Waals surface area contributed by atoms with Crippen molar-refractivity contribution < 1.29 is 14.3 Å². The molecule has 1 amide bonds. The molecule has 0 aliphatic carbocycles. The highest BCUT2D eigenvalue weighted by Gasteiger charge is 2.27. The van der Waals surface area contributed by atoms with Gasteiger partial charge < -0.3 is 19.4 Å². The number of benzene rings is 2. The molecule has 29 heavy (non-hydrogen) atoms. The molecule has 7 nitrogen and oxygen atoms in total. The molecule has 1 aliphatic rings. The normalized spacial score (nSPS) is 15.2. The molecule has 150 valence electrons. The van der Waals surface area contributed by atoms with Crippen LogP contribution in [0.3, 0.4) is 0 Å². The van der Waals surface area contributed by atoms with Crippen molar-refractivity contribution in [3.8, 4) is 11.5 Å². The quantitative estimate of drug-likeness (QED) is 0.616. The number of aryl methyl sites for hydroxylation is 1. The average Bonchev–Trinajstić information content (AvgIpc) is 3.09. The number of thioether (sulfide) groups is 1. The Balaban J connectivity index is 1.38. The first-order chi connectivity index (χ1) is 14.0. The lowest BCUT2D eigenvalue weighted by Crippen LogP contribution is -2.24. The van der Waals surface area contributed by atoms with Crippen LogP contribution in [0.25, 0.3) is 0 Å². The Morgan fingerprint density at radius 1 is 1.28 bits per heavy atom. The fourth-order valence-corrected chi connectivity index (χ4v) is 3.78. The number of aromatic nitrogens is 3. The van der Waals surface area contributed by atoms with E-state index >= 15 is 0 Å². The Morgan fingerprint density at radius 2 is 2.07 bits per heavy atom. The Labute approximate surface area is 177 Å². The molecule has 1 unspecified atom stereocenters. The Bertz CT molecular complexity index is 1060. The highest BCUT2D eigenvalue weighted by Crippen LogP contribution is 2.35. The highest BCUT2D eigenvalue weighted by atomic mass is 35.5. The van der Waals surface area contributed by atoms with E-state index in [9.17, 15) is 4.79 Å². The van der Waals surface area contributed by atoms with Gasteiger partial charge >= 0.3 is 0 Å². The Hall–Kier alpha value is -2.71. The maximum absolute atomic E-state index is 12.3. The van der Waals surface area contributed by atoms with Gasteiger partial charge in [0.1, 0.15) is 6.61 Å². The summed E-state index contributed by atoms with van der Waals surface area (Å²) in [7, 11) is 1.85. The minimum Gasteiger partial charge on any atom is -0.485 e. The second-order valence-corrected chi connectivity index (χ2v) is 7.91. The SMILES string of the molecule is Cc1ccc(NC(=O)CSc2nnc(C3COc4ccccc4O3)n2C)cc1Cl. The standard InChI is InChI=1S/C20H19ClN4O3S/c1-12-7-8-13(9-14(12)21)22-18(26)11-29-20-24-23-19(25(20)2)17-10-27-15-5-3-4-6-16(15)28-17/h3-9,17H,10-11H2,1-2H3,(H,22,26). The molecule has 1 N–H and O–H groups in total. The summed E-state index contributed by atoms with van der Waals surface area (Å²) in [6.45, 7) is 2.26. The zero-order valence-corrected chi connectivity index (χ0v) is 17.5. The molecule has 9 heteroatoms. The molecule has 0 bridgehead atoms. The van der Waals surface area contributed by atoms with E-state index in [1.54, 1.807) is 6.07 Å². The molecule has 4 rings (SSSR count). The Morgan fingerprint density at radius 3 is 2.86 bits per heavy atom. The number of carbonyl (C=O) groups is 1. The molecule has 0 fully saturated rings. The zero-order valence-electron chi connectivity index (χ0n) is 15.9. The number of fused-ring (bicyclic) bond motifs is 1. The van der Waals surface area contributed by atoms with Gasteiger partial charge in [-0.15, -0.1) is 10.2 Å². The topological polar surface area (TPSA) is 78.3 Å². The van der Waals surface area contributed by atoms with Crippen molar-refractivity contribution in [1.29, 1.82) is 0 Å². The van der Waals surface area contributed by atoms with Crippen LogP contribution in [0.4, 0.5) is 5.69 Å². The van der Waals surface area contributed by atoms with E-state index in [1.165, 1.54) is 11.8 Å². The first-order valence-corrected chi connectivity index (χ1v) is 10.3. The van der Waals surface area contributed by atoms with Gasteiger partial charge in [0.2, 0.25) is 5.91 Å². The fraction of sp³-hybridized carbons (Fsp3) is 0.250. The number of nitrogens with one attached hydrogen (secondary N) is 1. The number of carbonyl (C=O) groups excluding carboxylic acids is 1. The van der Waals surface area contributed by atoms with Crippen molar-refractivity contribution in [1.82, 2.24) is 14.8 Å². The average molecular weight is 431 g/mol. The van der Waals surface area contributed by atoms with Gasteiger partial charge in [-0.3, -0.25) is 4.79 Å². The van der Waals surface area contributed by atoms with Gasteiger partial charge in [0, 0.05) is 17.8 Å². The number of rotatable bonds is 5. The molecule has 0 saturated carbocycles. The van der Waals surface area contributed by atoms with Crippen LogP contribution in [0.2, 0.25) is 5.02 Å².